The molecule has 0 atom stereocenters. The summed E-state index contributed by atoms with van der Waals surface area (Å²) in [7, 11) is 3.20. The largest absolute Gasteiger partial charge is 0.493 e. The number of nitrogens with zero attached hydrogens (tertiary/aromatic N) is 3. The molecule has 7 nitrogen and oxygen atoms in total. The molecular weight excluding hydrogens is 308 g/mol. The smallest absolute Gasteiger partial charge is 0.227 e. The van der Waals surface area contributed by atoms with Gasteiger partial charge in [0.1, 0.15) is 0 Å². The topological polar surface area (TPSA) is 86.1 Å². The zero-order chi connectivity index (χ0) is 17.1. The second kappa shape index (κ2) is 6.74. The Hall–Kier alpha value is -2.83. The first kappa shape index (κ1) is 16.0. The Bertz CT molecular complexity index is 819. The third kappa shape index (κ3) is 3.10. The van der Waals surface area contributed by atoms with E-state index in [-0.39, 0.29) is 0 Å². The molecule has 0 bridgehead atoms. The predicted molar refractivity (Wildman–Crippen MR) is 88.3 cm³/mol. The minimum atomic E-state index is 0.534. The van der Waals surface area contributed by atoms with Crippen LogP contribution in [0.1, 0.15) is 22.8 Å². The molecule has 0 saturated heterocycles. The molecule has 0 aliphatic carbocycles. The maximum Gasteiger partial charge on any atom is 0.227 e. The molecule has 0 unspecified atom stereocenters. The SMILES string of the molecule is COc1ccc(-c2noc(CCc3c(C)n[nH]c3C)n2)cc1OC. The van der Waals surface area contributed by atoms with E-state index in [1.54, 1.807) is 14.2 Å². The van der Waals surface area contributed by atoms with E-state index in [1.165, 1.54) is 5.56 Å². The minimum Gasteiger partial charge on any atom is -0.493 e. The fourth-order valence-corrected chi connectivity index (χ4v) is 2.62. The molecule has 126 valence electrons. The van der Waals surface area contributed by atoms with Gasteiger partial charge >= 0.3 is 0 Å². The van der Waals surface area contributed by atoms with E-state index in [4.69, 9.17) is 14.0 Å². The van der Waals surface area contributed by atoms with Crippen LogP contribution in [0.4, 0.5) is 0 Å². The van der Waals surface area contributed by atoms with Crippen LogP contribution in [0.3, 0.4) is 0 Å². The number of aromatic amines is 1. The molecule has 1 N–H and O–H groups in total. The molecule has 0 saturated carbocycles. The molecule has 0 amide bonds. The van der Waals surface area contributed by atoms with Gasteiger partial charge < -0.3 is 14.0 Å². The van der Waals surface area contributed by atoms with Crippen LogP contribution < -0.4 is 9.47 Å². The molecule has 0 spiro atoms. The fourth-order valence-electron chi connectivity index (χ4n) is 2.62. The van der Waals surface area contributed by atoms with Gasteiger partial charge in [0.2, 0.25) is 11.7 Å². The van der Waals surface area contributed by atoms with Crippen molar-refractivity contribution in [1.82, 2.24) is 20.3 Å². The lowest BCUT2D eigenvalue weighted by Crippen LogP contribution is -1.95. The first-order valence-electron chi connectivity index (χ1n) is 7.67. The quantitative estimate of drug-likeness (QED) is 0.749. The number of aryl methyl sites for hydroxylation is 3. The number of H-pyrrole nitrogens is 1. The van der Waals surface area contributed by atoms with Crippen LogP contribution in [-0.4, -0.2) is 34.6 Å². The number of hydrogen-bond donors (Lipinski definition) is 1. The van der Waals surface area contributed by atoms with Gasteiger partial charge in [-0.2, -0.15) is 10.1 Å². The molecular formula is C17H20N4O3. The molecule has 7 heteroatoms. The molecule has 0 radical (unpaired) electrons. The van der Waals surface area contributed by atoms with Gasteiger partial charge in [-0.05, 0) is 44.0 Å². The molecule has 3 rings (SSSR count). The van der Waals surface area contributed by atoms with Crippen molar-refractivity contribution in [3.63, 3.8) is 0 Å². The van der Waals surface area contributed by atoms with Crippen molar-refractivity contribution >= 4 is 0 Å². The Kier molecular flexibility index (Phi) is 4.50. The van der Waals surface area contributed by atoms with Crippen LogP contribution in [0.5, 0.6) is 11.5 Å². The Morgan fingerprint density at radius 2 is 1.88 bits per heavy atom. The average molecular weight is 328 g/mol. The summed E-state index contributed by atoms with van der Waals surface area (Å²) in [5, 5.41) is 11.2. The van der Waals surface area contributed by atoms with Crippen LogP contribution in [0.2, 0.25) is 0 Å². The molecule has 2 aromatic heterocycles. The Morgan fingerprint density at radius 1 is 1.08 bits per heavy atom. The van der Waals surface area contributed by atoms with Crippen molar-refractivity contribution in [3.05, 3.63) is 41.0 Å². The Balaban J connectivity index is 1.76. The van der Waals surface area contributed by atoms with Crippen molar-refractivity contribution in [2.45, 2.75) is 26.7 Å². The number of benzene rings is 1. The first-order valence-corrected chi connectivity index (χ1v) is 7.67. The van der Waals surface area contributed by atoms with Crippen LogP contribution in [0.15, 0.2) is 22.7 Å². The molecule has 0 fully saturated rings. The van der Waals surface area contributed by atoms with Crippen LogP contribution >= 0.6 is 0 Å². The summed E-state index contributed by atoms with van der Waals surface area (Å²) in [6.07, 6.45) is 1.48. The average Bonchev–Trinajstić information content (AvgIpc) is 3.19. The van der Waals surface area contributed by atoms with Gasteiger partial charge in [0.25, 0.3) is 0 Å². The van der Waals surface area contributed by atoms with Gasteiger partial charge in [0.15, 0.2) is 11.5 Å². The normalized spacial score (nSPS) is 10.8. The molecule has 2 heterocycles. The van der Waals surface area contributed by atoms with Crippen molar-refractivity contribution in [1.29, 1.82) is 0 Å². The molecule has 0 aliphatic rings. The monoisotopic (exact) mass is 328 g/mol. The van der Waals surface area contributed by atoms with Crippen LogP contribution in [0, 0.1) is 13.8 Å². The van der Waals surface area contributed by atoms with E-state index >= 15 is 0 Å². The summed E-state index contributed by atoms with van der Waals surface area (Å²) in [5.74, 6) is 2.42. The number of aromatic nitrogens is 4. The Morgan fingerprint density at radius 3 is 2.54 bits per heavy atom. The third-order valence-electron chi connectivity index (χ3n) is 3.98. The highest BCUT2D eigenvalue weighted by atomic mass is 16.5. The maximum atomic E-state index is 5.36. The Labute approximate surface area is 140 Å². The fraction of sp³-hybridized carbons (Fsp3) is 0.353. The summed E-state index contributed by atoms with van der Waals surface area (Å²) in [4.78, 5) is 4.47. The molecule has 1 aromatic carbocycles. The first-order chi connectivity index (χ1) is 11.6. The van der Waals surface area contributed by atoms with Crippen LogP contribution in [-0.2, 0) is 12.8 Å². The zero-order valence-electron chi connectivity index (χ0n) is 14.2. The van der Waals surface area contributed by atoms with E-state index in [0.29, 0.717) is 29.6 Å². The number of rotatable bonds is 6. The van der Waals surface area contributed by atoms with E-state index in [2.05, 4.69) is 20.3 Å². The zero-order valence-corrected chi connectivity index (χ0v) is 14.2. The maximum absolute atomic E-state index is 5.36. The third-order valence-corrected chi connectivity index (χ3v) is 3.98. The summed E-state index contributed by atoms with van der Waals surface area (Å²) in [5.41, 5.74) is 4.10. The summed E-state index contributed by atoms with van der Waals surface area (Å²) < 4.78 is 15.9. The molecule has 0 aliphatic heterocycles. The van der Waals surface area contributed by atoms with Crippen molar-refractivity contribution in [2.75, 3.05) is 14.2 Å². The highest BCUT2D eigenvalue weighted by Crippen LogP contribution is 2.31. The van der Waals surface area contributed by atoms with Gasteiger partial charge in [-0.3, -0.25) is 5.10 Å². The second-order valence-electron chi connectivity index (χ2n) is 5.49. The molecule has 3 aromatic rings. The summed E-state index contributed by atoms with van der Waals surface area (Å²) in [6.45, 7) is 4.00. The number of hydrogen-bond acceptors (Lipinski definition) is 6. The highest BCUT2D eigenvalue weighted by molar-refractivity contribution is 5.60. The predicted octanol–water partition coefficient (Wildman–Crippen LogP) is 2.88. The van der Waals surface area contributed by atoms with Gasteiger partial charge in [0, 0.05) is 17.7 Å². The van der Waals surface area contributed by atoms with Gasteiger partial charge in [0.05, 0.1) is 19.9 Å². The second-order valence-corrected chi connectivity index (χ2v) is 5.49. The minimum absolute atomic E-state index is 0.534. The van der Waals surface area contributed by atoms with Gasteiger partial charge in [-0.25, -0.2) is 0 Å². The summed E-state index contributed by atoms with van der Waals surface area (Å²) in [6, 6.07) is 5.53. The highest BCUT2D eigenvalue weighted by Gasteiger charge is 2.13. The van der Waals surface area contributed by atoms with E-state index < -0.39 is 0 Å². The molecule has 24 heavy (non-hydrogen) atoms. The lowest BCUT2D eigenvalue weighted by molar-refractivity contribution is 0.355. The van der Waals surface area contributed by atoms with Gasteiger partial charge in [-0.1, -0.05) is 5.16 Å². The van der Waals surface area contributed by atoms with E-state index in [1.807, 2.05) is 32.0 Å². The van der Waals surface area contributed by atoms with Crippen molar-refractivity contribution in [3.8, 4) is 22.9 Å². The summed E-state index contributed by atoms with van der Waals surface area (Å²) >= 11 is 0. The van der Waals surface area contributed by atoms with Gasteiger partial charge in [-0.15, -0.1) is 0 Å². The standard InChI is InChI=1S/C17H20N4O3/c1-10-13(11(2)20-19-10)6-8-16-18-17(21-24-16)12-5-7-14(22-3)15(9-12)23-4/h5,7,9H,6,8H2,1-4H3,(H,19,20). The van der Waals surface area contributed by atoms with E-state index in [0.717, 1.165) is 23.4 Å². The number of methoxy groups -OCH3 is 2. The lowest BCUT2D eigenvalue weighted by atomic mass is 10.1. The van der Waals surface area contributed by atoms with Crippen molar-refractivity contribution < 1.29 is 14.0 Å². The van der Waals surface area contributed by atoms with E-state index in [9.17, 15) is 0 Å². The van der Waals surface area contributed by atoms with Crippen LogP contribution in [0.25, 0.3) is 11.4 Å². The number of nitrogens with one attached hydrogen (secondary N) is 1. The lowest BCUT2D eigenvalue weighted by Gasteiger charge is -2.07. The van der Waals surface area contributed by atoms with Crippen molar-refractivity contribution in [2.24, 2.45) is 0 Å². The number of ether oxygens (including phenoxy) is 2.